The van der Waals surface area contributed by atoms with Gasteiger partial charge in [0.05, 0.1) is 0 Å². The molecule has 0 atom stereocenters. The molecule has 1 aromatic heterocycles. The van der Waals surface area contributed by atoms with Crippen LogP contribution in [0.25, 0.3) is 0 Å². The van der Waals surface area contributed by atoms with Crippen molar-refractivity contribution in [3.8, 4) is 0 Å². The molecule has 1 aromatic rings. The lowest BCUT2D eigenvalue weighted by Gasteiger charge is -2.05. The first-order valence-corrected chi connectivity index (χ1v) is 9.21. The molecular weight excluding hydrogens is 296 g/mol. The predicted molar refractivity (Wildman–Crippen MR) is 82.6 cm³/mol. The first-order valence-electron chi connectivity index (χ1n) is 6.91. The summed E-state index contributed by atoms with van der Waals surface area (Å²) in [6, 6.07) is 3.49. The molecule has 2 N–H and O–H groups in total. The van der Waals surface area contributed by atoms with Crippen LogP contribution in [0.3, 0.4) is 0 Å². The molecule has 0 fully saturated rings. The fourth-order valence-corrected chi connectivity index (χ4v) is 4.06. The fourth-order valence-electron chi connectivity index (χ4n) is 1.57. The Labute approximate surface area is 125 Å². The van der Waals surface area contributed by atoms with Crippen LogP contribution in [0.4, 0.5) is 0 Å². The number of nitrogens with one attached hydrogen (secondary N) is 2. The Balaban J connectivity index is 2.30. The van der Waals surface area contributed by atoms with Crippen molar-refractivity contribution < 1.29 is 13.2 Å². The number of rotatable bonds is 11. The second-order valence-electron chi connectivity index (χ2n) is 4.47. The average Bonchev–Trinajstić information content (AvgIpc) is 2.88. The standard InChI is InChI=1S/C13H24N2O3S2/c1-3-4-9-18-10-5-8-15-20(16,17)13-7-6-12(19-13)11-14-2/h6-7,14-15H,3-5,8-11H2,1-2H3. The van der Waals surface area contributed by atoms with Crippen molar-refractivity contribution in [1.82, 2.24) is 10.0 Å². The third-order valence-electron chi connectivity index (χ3n) is 2.65. The molecule has 20 heavy (non-hydrogen) atoms. The van der Waals surface area contributed by atoms with Crippen LogP contribution in [-0.4, -0.2) is 35.2 Å². The van der Waals surface area contributed by atoms with Crippen molar-refractivity contribution in [3.63, 3.8) is 0 Å². The monoisotopic (exact) mass is 320 g/mol. The van der Waals surface area contributed by atoms with Crippen molar-refractivity contribution in [2.75, 3.05) is 26.8 Å². The summed E-state index contributed by atoms with van der Waals surface area (Å²) in [6.07, 6.45) is 2.85. The lowest BCUT2D eigenvalue weighted by molar-refractivity contribution is 0.130. The minimum atomic E-state index is -3.37. The first kappa shape index (κ1) is 17.6. The molecule has 5 nitrogen and oxygen atoms in total. The van der Waals surface area contributed by atoms with Crippen LogP contribution in [-0.2, 0) is 21.3 Å². The van der Waals surface area contributed by atoms with Gasteiger partial charge in [-0.25, -0.2) is 13.1 Å². The van der Waals surface area contributed by atoms with Crippen LogP contribution in [0.2, 0.25) is 0 Å². The number of hydrogen-bond donors (Lipinski definition) is 2. The summed E-state index contributed by atoms with van der Waals surface area (Å²) in [6.45, 7) is 4.56. The van der Waals surface area contributed by atoms with E-state index < -0.39 is 10.0 Å². The summed E-state index contributed by atoms with van der Waals surface area (Å²) < 4.78 is 32.4. The maximum atomic E-state index is 12.0. The van der Waals surface area contributed by atoms with Crippen LogP contribution >= 0.6 is 11.3 Å². The van der Waals surface area contributed by atoms with Gasteiger partial charge >= 0.3 is 0 Å². The van der Waals surface area contributed by atoms with Gasteiger partial charge in [0.1, 0.15) is 4.21 Å². The summed E-state index contributed by atoms with van der Waals surface area (Å²) in [4.78, 5) is 1.01. The van der Waals surface area contributed by atoms with Gasteiger partial charge in [0, 0.05) is 31.2 Å². The van der Waals surface area contributed by atoms with Crippen molar-refractivity contribution in [1.29, 1.82) is 0 Å². The van der Waals surface area contributed by atoms with Crippen molar-refractivity contribution in [2.45, 2.75) is 36.9 Å². The molecule has 0 amide bonds. The molecule has 0 spiro atoms. The number of sulfonamides is 1. The molecule has 0 aliphatic rings. The fraction of sp³-hybridized carbons (Fsp3) is 0.692. The Morgan fingerprint density at radius 1 is 1.25 bits per heavy atom. The summed E-state index contributed by atoms with van der Waals surface area (Å²) in [5.74, 6) is 0. The Kier molecular flexibility index (Phi) is 8.32. The van der Waals surface area contributed by atoms with Crippen LogP contribution in [0, 0.1) is 0 Å². The number of hydrogen-bond acceptors (Lipinski definition) is 5. The van der Waals surface area contributed by atoms with Gasteiger partial charge in [-0.2, -0.15) is 0 Å². The number of unbranched alkanes of at least 4 members (excludes halogenated alkanes) is 1. The molecule has 0 aliphatic carbocycles. The first-order chi connectivity index (χ1) is 9.60. The Morgan fingerprint density at radius 2 is 2.00 bits per heavy atom. The lowest BCUT2D eigenvalue weighted by Crippen LogP contribution is -2.24. The summed E-state index contributed by atoms with van der Waals surface area (Å²) >= 11 is 1.30. The van der Waals surface area contributed by atoms with E-state index in [-0.39, 0.29) is 0 Å². The smallest absolute Gasteiger partial charge is 0.250 e. The highest BCUT2D eigenvalue weighted by Gasteiger charge is 2.15. The third-order valence-corrected chi connectivity index (χ3v) is 5.69. The topological polar surface area (TPSA) is 67.4 Å². The van der Waals surface area contributed by atoms with Crippen LogP contribution in [0.1, 0.15) is 31.1 Å². The number of ether oxygens (including phenoxy) is 1. The molecule has 1 heterocycles. The lowest BCUT2D eigenvalue weighted by atomic mass is 10.4. The largest absolute Gasteiger partial charge is 0.381 e. The predicted octanol–water partition coefficient (Wildman–Crippen LogP) is 1.95. The van der Waals surface area contributed by atoms with E-state index in [0.29, 0.717) is 30.3 Å². The zero-order valence-electron chi connectivity index (χ0n) is 12.1. The molecule has 0 bridgehead atoms. The SMILES string of the molecule is CCCCOCCCNS(=O)(=O)c1ccc(CNC)s1. The molecule has 116 valence electrons. The molecule has 0 saturated heterocycles. The Morgan fingerprint density at radius 3 is 2.70 bits per heavy atom. The van der Waals surface area contributed by atoms with Crippen molar-refractivity contribution in [2.24, 2.45) is 0 Å². The number of thiophene rings is 1. The molecule has 7 heteroatoms. The highest BCUT2D eigenvalue weighted by molar-refractivity contribution is 7.91. The zero-order chi connectivity index (χ0) is 14.8. The summed E-state index contributed by atoms with van der Waals surface area (Å²) in [5, 5.41) is 3.00. The Hall–Kier alpha value is -0.470. The van der Waals surface area contributed by atoms with Crippen LogP contribution in [0.5, 0.6) is 0 Å². The van der Waals surface area contributed by atoms with Gasteiger partial charge in [-0.15, -0.1) is 11.3 Å². The molecule has 1 rings (SSSR count). The second-order valence-corrected chi connectivity index (χ2v) is 7.63. The van der Waals surface area contributed by atoms with Gasteiger partial charge in [-0.3, -0.25) is 0 Å². The molecule has 0 aliphatic heterocycles. The average molecular weight is 320 g/mol. The second kappa shape index (κ2) is 9.46. The van der Waals surface area contributed by atoms with Gasteiger partial charge in [0.15, 0.2) is 0 Å². The maximum Gasteiger partial charge on any atom is 0.250 e. The molecule has 0 unspecified atom stereocenters. The summed E-state index contributed by atoms with van der Waals surface area (Å²) in [7, 11) is -1.53. The van der Waals surface area contributed by atoms with Crippen molar-refractivity contribution >= 4 is 21.4 Å². The molecular formula is C13H24N2O3S2. The minimum absolute atomic E-state index is 0.370. The van der Waals surface area contributed by atoms with E-state index in [4.69, 9.17) is 4.74 Å². The molecule has 0 radical (unpaired) electrons. The van der Waals surface area contributed by atoms with E-state index in [1.807, 2.05) is 13.1 Å². The van der Waals surface area contributed by atoms with E-state index in [0.717, 1.165) is 24.3 Å². The van der Waals surface area contributed by atoms with Gasteiger partial charge in [-0.1, -0.05) is 13.3 Å². The maximum absolute atomic E-state index is 12.0. The van der Waals surface area contributed by atoms with Crippen LogP contribution < -0.4 is 10.0 Å². The molecule has 0 aromatic carbocycles. The van der Waals surface area contributed by atoms with E-state index in [1.54, 1.807) is 6.07 Å². The van der Waals surface area contributed by atoms with Gasteiger partial charge in [0.25, 0.3) is 0 Å². The van der Waals surface area contributed by atoms with Crippen molar-refractivity contribution in [3.05, 3.63) is 17.0 Å². The van der Waals surface area contributed by atoms with Gasteiger partial charge in [-0.05, 0) is 32.0 Å². The van der Waals surface area contributed by atoms with Crippen LogP contribution in [0.15, 0.2) is 16.3 Å². The van der Waals surface area contributed by atoms with Gasteiger partial charge < -0.3 is 10.1 Å². The van der Waals surface area contributed by atoms with E-state index in [2.05, 4.69) is 17.0 Å². The molecule has 0 saturated carbocycles. The highest BCUT2D eigenvalue weighted by Crippen LogP contribution is 2.21. The van der Waals surface area contributed by atoms with Gasteiger partial charge in [0.2, 0.25) is 10.0 Å². The highest BCUT2D eigenvalue weighted by atomic mass is 32.2. The van der Waals surface area contributed by atoms with E-state index >= 15 is 0 Å². The normalized spacial score (nSPS) is 11.9. The quantitative estimate of drug-likeness (QED) is 0.612. The van der Waals surface area contributed by atoms with E-state index in [9.17, 15) is 8.42 Å². The Bertz CT molecular complexity index is 472. The minimum Gasteiger partial charge on any atom is -0.381 e. The van der Waals surface area contributed by atoms with E-state index in [1.165, 1.54) is 11.3 Å². The zero-order valence-corrected chi connectivity index (χ0v) is 13.8. The third kappa shape index (κ3) is 6.32. The summed E-state index contributed by atoms with van der Waals surface area (Å²) in [5.41, 5.74) is 0.